The molecule has 0 aliphatic heterocycles. The van der Waals surface area contributed by atoms with Gasteiger partial charge in [-0.15, -0.1) is 11.8 Å². The fraction of sp³-hybridized carbons (Fsp3) is 0.567. The van der Waals surface area contributed by atoms with Crippen molar-refractivity contribution in [1.29, 1.82) is 0 Å². The maximum atomic E-state index is 13.0. The minimum absolute atomic E-state index is 0.0751. The molecule has 8 heteroatoms. The quantitative estimate of drug-likeness (QED) is 0.121. The molecule has 1 aromatic carbocycles. The molecule has 7 nitrogen and oxygen atoms in total. The molecule has 0 bridgehead atoms. The summed E-state index contributed by atoms with van der Waals surface area (Å²) in [5.74, 6) is 5.01. The van der Waals surface area contributed by atoms with Crippen LogP contribution in [-0.2, 0) is 23.8 Å². The van der Waals surface area contributed by atoms with Gasteiger partial charge >= 0.3 is 5.97 Å². The van der Waals surface area contributed by atoms with Crippen molar-refractivity contribution >= 4 is 16.1 Å². The molecule has 1 saturated carbocycles. The van der Waals surface area contributed by atoms with Gasteiger partial charge in [0.25, 0.3) is 10.1 Å². The zero-order valence-electron chi connectivity index (χ0n) is 22.9. The number of methoxy groups -OCH3 is 1. The van der Waals surface area contributed by atoms with Crippen molar-refractivity contribution in [3.05, 3.63) is 54.1 Å². The fourth-order valence-corrected chi connectivity index (χ4v) is 5.59. The van der Waals surface area contributed by atoms with Crippen LogP contribution in [-0.4, -0.2) is 50.0 Å². The summed E-state index contributed by atoms with van der Waals surface area (Å²) in [6.45, 7) is 5.76. The number of unbranched alkanes of at least 4 members (excludes halogenated alkanes) is 1. The van der Waals surface area contributed by atoms with E-state index in [0.29, 0.717) is 32.1 Å². The van der Waals surface area contributed by atoms with Crippen molar-refractivity contribution in [3.8, 4) is 11.8 Å². The normalized spacial score (nSPS) is 23.3. The average molecular weight is 547 g/mol. The van der Waals surface area contributed by atoms with Crippen LogP contribution in [0.25, 0.3) is 0 Å². The number of rotatable bonds is 13. The summed E-state index contributed by atoms with van der Waals surface area (Å²) in [7, 11) is -2.67. The molecule has 38 heavy (non-hydrogen) atoms. The molecule has 1 aliphatic rings. The molecule has 1 aliphatic carbocycles. The summed E-state index contributed by atoms with van der Waals surface area (Å²) in [5, 5.41) is 21.5. The Hall–Kier alpha value is -2.44. The van der Waals surface area contributed by atoms with E-state index in [4.69, 9.17) is 4.18 Å². The van der Waals surface area contributed by atoms with E-state index in [2.05, 4.69) is 16.6 Å². The summed E-state index contributed by atoms with van der Waals surface area (Å²) in [6, 6.07) is 6.46. The Morgan fingerprint density at radius 3 is 2.58 bits per heavy atom. The minimum Gasteiger partial charge on any atom is -0.469 e. The van der Waals surface area contributed by atoms with E-state index in [1.165, 1.54) is 19.2 Å². The predicted octanol–water partition coefficient (Wildman–Crippen LogP) is 4.71. The first kappa shape index (κ1) is 31.8. The van der Waals surface area contributed by atoms with Crippen LogP contribution in [0.1, 0.15) is 64.4 Å². The van der Waals surface area contributed by atoms with Gasteiger partial charge in [0.05, 0.1) is 30.3 Å². The van der Waals surface area contributed by atoms with Gasteiger partial charge in [-0.05, 0) is 50.2 Å². The van der Waals surface area contributed by atoms with Gasteiger partial charge < -0.3 is 14.9 Å². The molecule has 210 valence electrons. The third kappa shape index (κ3) is 10.0. The zero-order valence-corrected chi connectivity index (χ0v) is 23.7. The first-order chi connectivity index (χ1) is 18.1. The van der Waals surface area contributed by atoms with Crippen LogP contribution in [0.5, 0.6) is 0 Å². The summed E-state index contributed by atoms with van der Waals surface area (Å²) >= 11 is 0. The van der Waals surface area contributed by atoms with Crippen LogP contribution in [0.15, 0.2) is 53.5 Å². The van der Waals surface area contributed by atoms with E-state index in [1.807, 2.05) is 32.9 Å². The topological polar surface area (TPSA) is 110 Å². The number of benzene rings is 1. The maximum absolute atomic E-state index is 13.0. The van der Waals surface area contributed by atoms with Crippen molar-refractivity contribution in [2.45, 2.75) is 88.9 Å². The van der Waals surface area contributed by atoms with Gasteiger partial charge in [-0.2, -0.15) is 8.42 Å². The van der Waals surface area contributed by atoms with Crippen LogP contribution in [0.2, 0.25) is 0 Å². The van der Waals surface area contributed by atoms with Crippen molar-refractivity contribution < 1.29 is 32.3 Å². The Bertz CT molecular complexity index is 1100. The van der Waals surface area contributed by atoms with Gasteiger partial charge in [-0.3, -0.25) is 8.98 Å². The molecule has 0 aromatic heterocycles. The Kier molecular flexibility index (Phi) is 13.3. The lowest BCUT2D eigenvalue weighted by Crippen LogP contribution is -2.25. The van der Waals surface area contributed by atoms with E-state index < -0.39 is 34.3 Å². The average Bonchev–Trinajstić information content (AvgIpc) is 3.17. The van der Waals surface area contributed by atoms with Gasteiger partial charge in [-0.25, -0.2) is 0 Å². The first-order valence-electron chi connectivity index (χ1n) is 13.3. The number of esters is 1. The molecule has 2 N–H and O–H groups in total. The molecule has 0 heterocycles. The number of carbonyl (C=O) groups excluding carboxylic acids is 1. The highest BCUT2D eigenvalue weighted by molar-refractivity contribution is 7.86. The second kappa shape index (κ2) is 15.8. The molecule has 0 amide bonds. The minimum atomic E-state index is -4.02. The molecule has 2 rings (SSSR count). The molecule has 6 atom stereocenters. The van der Waals surface area contributed by atoms with Crippen LogP contribution in [0.4, 0.5) is 0 Å². The number of carbonyl (C=O) groups is 1. The van der Waals surface area contributed by atoms with E-state index in [0.717, 1.165) is 12.0 Å². The highest BCUT2D eigenvalue weighted by atomic mass is 32.2. The van der Waals surface area contributed by atoms with Crippen LogP contribution in [0, 0.1) is 36.5 Å². The Labute approximate surface area is 228 Å². The number of aliphatic hydroxyl groups excluding tert-OH is 2. The second-order valence-electron chi connectivity index (χ2n) is 9.89. The lowest BCUT2D eigenvalue weighted by atomic mass is 9.89. The Morgan fingerprint density at radius 1 is 1.21 bits per heavy atom. The van der Waals surface area contributed by atoms with E-state index in [1.54, 1.807) is 24.3 Å². The molecule has 0 spiro atoms. The lowest BCUT2D eigenvalue weighted by Gasteiger charge is -2.23. The smallest absolute Gasteiger partial charge is 0.305 e. The van der Waals surface area contributed by atoms with E-state index >= 15 is 0 Å². The molecule has 0 radical (unpaired) electrons. The zero-order chi connectivity index (χ0) is 28.1. The lowest BCUT2D eigenvalue weighted by molar-refractivity contribution is -0.140. The molecule has 1 aromatic rings. The largest absolute Gasteiger partial charge is 0.469 e. The van der Waals surface area contributed by atoms with Gasteiger partial charge in [0.2, 0.25) is 0 Å². The second-order valence-corrected chi connectivity index (χ2v) is 11.5. The number of aliphatic hydroxyl groups is 2. The number of hydrogen-bond acceptors (Lipinski definition) is 7. The van der Waals surface area contributed by atoms with Gasteiger partial charge in [-0.1, -0.05) is 55.8 Å². The Morgan fingerprint density at radius 2 is 1.92 bits per heavy atom. The molecule has 1 fully saturated rings. The Balaban J connectivity index is 2.17. The number of ether oxygens (including phenoxy) is 1. The van der Waals surface area contributed by atoms with Crippen LogP contribution in [0.3, 0.4) is 0 Å². The summed E-state index contributed by atoms with van der Waals surface area (Å²) in [4.78, 5) is 11.4. The summed E-state index contributed by atoms with van der Waals surface area (Å²) < 4.78 is 36.4. The van der Waals surface area contributed by atoms with Crippen LogP contribution >= 0.6 is 0 Å². The highest BCUT2D eigenvalue weighted by Gasteiger charge is 2.43. The van der Waals surface area contributed by atoms with Crippen molar-refractivity contribution in [2.24, 2.45) is 17.8 Å². The fourth-order valence-electron chi connectivity index (χ4n) is 4.47. The summed E-state index contributed by atoms with van der Waals surface area (Å²) in [5.41, 5.74) is 0.939. The molecular formula is C30H42O7S. The van der Waals surface area contributed by atoms with Crippen molar-refractivity contribution in [2.75, 3.05) is 7.11 Å². The number of allylic oxidation sites excluding steroid dienone is 2. The maximum Gasteiger partial charge on any atom is 0.305 e. The first-order valence-corrected chi connectivity index (χ1v) is 14.7. The van der Waals surface area contributed by atoms with Crippen LogP contribution < -0.4 is 0 Å². The highest BCUT2D eigenvalue weighted by Crippen LogP contribution is 2.40. The standard InChI is InChI=1S/C30H42O7S/c1-5-6-9-12-23(3)27(31)20-19-25-26(13-10-7-8-11-14-30(33)36-4)29(21-28(25)32)37-38(34,35)24-17-15-22(2)16-18-24/h7,10,15-20,23,25-29,31-32H,5,8,11-14,21H2,1-4H3/b10-7-,20-19+/t23?,25-,26-,27-,28-,29-/m1/s1. The van der Waals surface area contributed by atoms with E-state index in [-0.39, 0.29) is 29.1 Å². The monoisotopic (exact) mass is 546 g/mol. The number of hydrogen-bond donors (Lipinski definition) is 2. The molecule has 0 saturated heterocycles. The third-order valence-electron chi connectivity index (χ3n) is 6.84. The SMILES string of the molecule is CCC#CCC(C)[C@H](O)/C=C/[C@@H]1[C@@H](C/C=C\CCCC(=O)OC)[C@H](OS(=O)(=O)c2ccc(C)cc2)C[C@H]1O. The van der Waals surface area contributed by atoms with Gasteiger partial charge in [0.15, 0.2) is 0 Å². The summed E-state index contributed by atoms with van der Waals surface area (Å²) in [6.07, 6.45) is 8.68. The van der Waals surface area contributed by atoms with Crippen molar-refractivity contribution in [1.82, 2.24) is 0 Å². The van der Waals surface area contributed by atoms with E-state index in [9.17, 15) is 23.4 Å². The van der Waals surface area contributed by atoms with Gasteiger partial charge in [0.1, 0.15) is 0 Å². The van der Waals surface area contributed by atoms with Crippen molar-refractivity contribution in [3.63, 3.8) is 0 Å². The third-order valence-corrected chi connectivity index (χ3v) is 8.19. The number of aryl methyl sites for hydroxylation is 1. The molecular weight excluding hydrogens is 504 g/mol. The molecule has 1 unspecified atom stereocenters. The predicted molar refractivity (Wildman–Crippen MR) is 147 cm³/mol. The van der Waals surface area contributed by atoms with Gasteiger partial charge in [0, 0.05) is 31.6 Å².